The smallest absolute Gasteiger partial charge is 0.214 e. The molecule has 0 radical (unpaired) electrons. The van der Waals surface area contributed by atoms with Crippen molar-refractivity contribution < 1.29 is 13.5 Å². The fourth-order valence-corrected chi connectivity index (χ4v) is 5.72. The lowest BCUT2D eigenvalue weighted by molar-refractivity contribution is -0.0162. The van der Waals surface area contributed by atoms with Gasteiger partial charge in [-0.05, 0) is 45.4 Å². The topological polar surface area (TPSA) is 88.3 Å². The van der Waals surface area contributed by atoms with Gasteiger partial charge in [0.2, 0.25) is 10.0 Å². The van der Waals surface area contributed by atoms with Crippen LogP contribution in [0.2, 0.25) is 0 Å². The van der Waals surface area contributed by atoms with Crippen LogP contribution in [0.15, 0.2) is 6.20 Å². The van der Waals surface area contributed by atoms with E-state index in [-0.39, 0.29) is 24.3 Å². The largest absolute Gasteiger partial charge is 0.382 e. The first-order chi connectivity index (χ1) is 11.3. The third kappa shape index (κ3) is 3.65. The van der Waals surface area contributed by atoms with E-state index in [1.807, 2.05) is 13.8 Å². The van der Waals surface area contributed by atoms with Gasteiger partial charge in [-0.1, -0.05) is 18.1 Å². The Balaban J connectivity index is 1.74. The second-order valence-corrected chi connectivity index (χ2v) is 9.59. The van der Waals surface area contributed by atoms with E-state index in [1.54, 1.807) is 10.9 Å². The van der Waals surface area contributed by atoms with Gasteiger partial charge in [-0.3, -0.25) is 0 Å². The number of hydrogen-bond donors (Lipinski definition) is 1. The van der Waals surface area contributed by atoms with Gasteiger partial charge < -0.3 is 5.11 Å². The van der Waals surface area contributed by atoms with E-state index < -0.39 is 15.6 Å². The number of sulfonamides is 1. The van der Waals surface area contributed by atoms with Crippen LogP contribution in [0.3, 0.4) is 0 Å². The number of nitrogens with zero attached hydrogens (tertiary/aromatic N) is 4. The molecule has 2 aliphatic rings. The molecule has 0 aromatic carbocycles. The average Bonchev–Trinajstić information content (AvgIpc) is 3.18. The normalized spacial score (nSPS) is 27.2. The first-order valence-electron chi connectivity index (χ1n) is 8.93. The highest BCUT2D eigenvalue weighted by Gasteiger charge is 2.42. The van der Waals surface area contributed by atoms with Crippen LogP contribution in [0.25, 0.3) is 0 Å². The van der Waals surface area contributed by atoms with Gasteiger partial charge in [0.25, 0.3) is 0 Å². The van der Waals surface area contributed by atoms with Crippen LogP contribution < -0.4 is 0 Å². The summed E-state index contributed by atoms with van der Waals surface area (Å²) in [5, 5.41) is 19.1. The summed E-state index contributed by atoms with van der Waals surface area (Å²) in [5.41, 5.74) is -0.773. The molecule has 1 saturated carbocycles. The minimum absolute atomic E-state index is 0.0822. The molecule has 2 heterocycles. The third-order valence-corrected chi connectivity index (χ3v) is 7.26. The van der Waals surface area contributed by atoms with Crippen LogP contribution in [0.1, 0.15) is 64.1 Å². The molecule has 8 heteroatoms. The molecule has 0 bridgehead atoms. The quantitative estimate of drug-likeness (QED) is 0.867. The van der Waals surface area contributed by atoms with Crippen LogP contribution in [0.4, 0.5) is 0 Å². The second kappa shape index (κ2) is 6.72. The second-order valence-electron chi connectivity index (χ2n) is 7.58. The Morgan fingerprint density at radius 3 is 2.67 bits per heavy atom. The molecule has 7 nitrogen and oxygen atoms in total. The van der Waals surface area contributed by atoms with Crippen molar-refractivity contribution in [2.75, 3.05) is 18.8 Å². The van der Waals surface area contributed by atoms with Crippen molar-refractivity contribution in [3.05, 3.63) is 11.9 Å². The van der Waals surface area contributed by atoms with E-state index in [0.29, 0.717) is 25.1 Å². The van der Waals surface area contributed by atoms with Gasteiger partial charge in [-0.2, -0.15) is 4.31 Å². The van der Waals surface area contributed by atoms with Crippen LogP contribution in [0.5, 0.6) is 0 Å². The summed E-state index contributed by atoms with van der Waals surface area (Å²) in [6, 6.07) is 0.153. The van der Waals surface area contributed by atoms with Crippen molar-refractivity contribution in [1.82, 2.24) is 19.3 Å². The molecular weight excluding hydrogens is 328 g/mol. The van der Waals surface area contributed by atoms with Gasteiger partial charge in [0.05, 0.1) is 11.9 Å². The molecule has 0 spiro atoms. The highest BCUT2D eigenvalue weighted by atomic mass is 32.2. The van der Waals surface area contributed by atoms with E-state index in [2.05, 4.69) is 10.3 Å². The Morgan fingerprint density at radius 2 is 2.04 bits per heavy atom. The van der Waals surface area contributed by atoms with Crippen molar-refractivity contribution in [2.45, 2.75) is 64.0 Å². The molecule has 1 atom stereocenters. The Kier molecular flexibility index (Phi) is 4.99. The van der Waals surface area contributed by atoms with Crippen LogP contribution in [0, 0.1) is 5.92 Å². The molecule has 0 unspecified atom stereocenters. The maximum absolute atomic E-state index is 12.7. The summed E-state index contributed by atoms with van der Waals surface area (Å²) in [6.45, 7) is 4.54. The zero-order chi connectivity index (χ0) is 17.4. The standard InChI is InChI=1S/C16H28N4O3S/c1-13(2)20-10-15(17-18-20)16(21)8-5-9-19(12-16)24(22,23)11-14-6-3-4-7-14/h10,13-14,21H,3-9,11-12H2,1-2H3/t16-/m1/s1. The molecule has 1 aliphatic carbocycles. The Morgan fingerprint density at radius 1 is 1.33 bits per heavy atom. The van der Waals surface area contributed by atoms with Crippen molar-refractivity contribution in [3.8, 4) is 0 Å². The summed E-state index contributed by atoms with van der Waals surface area (Å²) in [4.78, 5) is 0. The highest BCUT2D eigenvalue weighted by Crippen LogP contribution is 2.33. The summed E-state index contributed by atoms with van der Waals surface area (Å²) in [5.74, 6) is 0.480. The lowest BCUT2D eigenvalue weighted by Gasteiger charge is -2.37. The number of rotatable bonds is 5. The number of piperidine rings is 1. The lowest BCUT2D eigenvalue weighted by atomic mass is 9.91. The molecule has 24 heavy (non-hydrogen) atoms. The van der Waals surface area contributed by atoms with E-state index in [1.165, 1.54) is 4.31 Å². The van der Waals surface area contributed by atoms with Crippen LogP contribution in [-0.4, -0.2) is 51.7 Å². The van der Waals surface area contributed by atoms with Crippen molar-refractivity contribution in [2.24, 2.45) is 5.92 Å². The monoisotopic (exact) mass is 356 g/mol. The number of aliphatic hydroxyl groups is 1. The van der Waals surface area contributed by atoms with Crippen molar-refractivity contribution in [1.29, 1.82) is 0 Å². The summed E-state index contributed by atoms with van der Waals surface area (Å²) in [6.07, 6.45) is 7.14. The summed E-state index contributed by atoms with van der Waals surface area (Å²) >= 11 is 0. The highest BCUT2D eigenvalue weighted by molar-refractivity contribution is 7.89. The van der Waals surface area contributed by atoms with E-state index >= 15 is 0 Å². The fraction of sp³-hybridized carbons (Fsp3) is 0.875. The molecular formula is C16H28N4O3S. The Hall–Kier alpha value is -0.990. The number of aromatic nitrogens is 3. The van der Waals surface area contributed by atoms with Crippen LogP contribution >= 0.6 is 0 Å². The lowest BCUT2D eigenvalue weighted by Crippen LogP contribution is -2.49. The maximum atomic E-state index is 12.7. The predicted octanol–water partition coefficient (Wildman–Crippen LogP) is 1.66. The molecule has 1 aromatic heterocycles. The minimum atomic E-state index is -3.34. The maximum Gasteiger partial charge on any atom is 0.214 e. The van der Waals surface area contributed by atoms with Crippen molar-refractivity contribution in [3.63, 3.8) is 0 Å². The van der Waals surface area contributed by atoms with E-state index in [0.717, 1.165) is 25.7 Å². The molecule has 2 fully saturated rings. The molecule has 136 valence electrons. The van der Waals surface area contributed by atoms with Crippen molar-refractivity contribution >= 4 is 10.0 Å². The van der Waals surface area contributed by atoms with Gasteiger partial charge in [0, 0.05) is 19.1 Å². The first-order valence-corrected chi connectivity index (χ1v) is 10.5. The Bertz CT molecular complexity index is 667. The number of hydrogen-bond acceptors (Lipinski definition) is 5. The molecule has 1 aromatic rings. The van der Waals surface area contributed by atoms with E-state index in [9.17, 15) is 13.5 Å². The first kappa shape index (κ1) is 17.8. The third-order valence-electron chi connectivity index (χ3n) is 5.27. The zero-order valence-corrected chi connectivity index (χ0v) is 15.4. The Labute approximate surface area is 144 Å². The van der Waals surface area contributed by atoms with Gasteiger partial charge >= 0.3 is 0 Å². The SMILES string of the molecule is CC(C)n1cc([C@@]2(O)CCCN(S(=O)(=O)CC3CCCC3)C2)nn1. The fourth-order valence-electron chi connectivity index (χ4n) is 3.77. The van der Waals surface area contributed by atoms with Gasteiger partial charge in [0.1, 0.15) is 11.3 Å². The molecule has 1 N–H and O–H groups in total. The van der Waals surface area contributed by atoms with E-state index in [4.69, 9.17) is 0 Å². The summed E-state index contributed by atoms with van der Waals surface area (Å²) in [7, 11) is -3.34. The van der Waals surface area contributed by atoms with Gasteiger partial charge in [-0.25, -0.2) is 13.1 Å². The molecule has 1 saturated heterocycles. The predicted molar refractivity (Wildman–Crippen MR) is 90.9 cm³/mol. The average molecular weight is 356 g/mol. The summed E-state index contributed by atoms with van der Waals surface area (Å²) < 4.78 is 28.7. The number of β-amino-alcohol motifs (C(OH)–C–C–N with tert-alkyl or cyclic N) is 1. The molecule has 3 rings (SSSR count). The van der Waals surface area contributed by atoms with Crippen LogP contribution in [-0.2, 0) is 15.6 Å². The molecule has 0 amide bonds. The van der Waals surface area contributed by atoms with Gasteiger partial charge in [-0.15, -0.1) is 5.10 Å². The zero-order valence-electron chi connectivity index (χ0n) is 14.6. The van der Waals surface area contributed by atoms with Gasteiger partial charge in [0.15, 0.2) is 0 Å². The molecule has 1 aliphatic heterocycles. The minimum Gasteiger partial charge on any atom is -0.382 e.